The van der Waals surface area contributed by atoms with Gasteiger partial charge in [-0.25, -0.2) is 4.90 Å². The molecule has 0 radical (unpaired) electrons. The number of imide groups is 1. The number of halogens is 2. The third-order valence-electron chi connectivity index (χ3n) is 3.88. The second-order valence-electron chi connectivity index (χ2n) is 5.25. The third-order valence-corrected chi connectivity index (χ3v) is 5.38. The highest BCUT2D eigenvalue weighted by Crippen LogP contribution is 2.40. The van der Waals surface area contributed by atoms with E-state index in [-0.39, 0.29) is 18.4 Å². The standard InChI is InChI=1S/C14H15Br2N3O2/c1-7(20)19-11(21)6-17-14(19)18-13-10(15)5-8-3-2-4-9(8)12(13)16/h5,14,17-18H,2-4,6H2,1H3. The molecule has 112 valence electrons. The summed E-state index contributed by atoms with van der Waals surface area (Å²) < 4.78 is 1.94. The van der Waals surface area contributed by atoms with Gasteiger partial charge in [-0.15, -0.1) is 0 Å². The Kier molecular flexibility index (Phi) is 4.07. The topological polar surface area (TPSA) is 61.4 Å². The first-order valence-electron chi connectivity index (χ1n) is 6.81. The van der Waals surface area contributed by atoms with Crippen LogP contribution in [0.1, 0.15) is 24.5 Å². The van der Waals surface area contributed by atoms with Crippen LogP contribution in [-0.4, -0.2) is 29.5 Å². The van der Waals surface area contributed by atoms with Gasteiger partial charge in [0.15, 0.2) is 6.29 Å². The Labute approximate surface area is 139 Å². The predicted octanol–water partition coefficient (Wildman–Crippen LogP) is 2.37. The summed E-state index contributed by atoms with van der Waals surface area (Å²) in [5.74, 6) is -0.482. The number of benzene rings is 1. The summed E-state index contributed by atoms with van der Waals surface area (Å²) in [5, 5.41) is 6.26. The molecule has 1 heterocycles. The molecular formula is C14H15Br2N3O2. The fraction of sp³-hybridized carbons (Fsp3) is 0.429. The number of carbonyl (C=O) groups is 2. The van der Waals surface area contributed by atoms with Gasteiger partial charge in [0.1, 0.15) is 0 Å². The molecule has 5 nitrogen and oxygen atoms in total. The quantitative estimate of drug-likeness (QED) is 0.776. The molecule has 2 amide bonds. The van der Waals surface area contributed by atoms with Crippen LogP contribution in [0.5, 0.6) is 0 Å². The SMILES string of the molecule is CC(=O)N1C(=O)CNC1Nc1c(Br)cc2c(c1Br)CCC2. The first-order chi connectivity index (χ1) is 9.99. The van der Waals surface area contributed by atoms with Gasteiger partial charge >= 0.3 is 0 Å². The van der Waals surface area contributed by atoms with Crippen molar-refractivity contribution < 1.29 is 9.59 Å². The Bertz CT molecular complexity index is 633. The van der Waals surface area contributed by atoms with E-state index in [1.807, 2.05) is 0 Å². The van der Waals surface area contributed by atoms with Gasteiger partial charge in [-0.2, -0.15) is 0 Å². The monoisotopic (exact) mass is 415 g/mol. The van der Waals surface area contributed by atoms with Gasteiger partial charge in [0.05, 0.1) is 12.2 Å². The van der Waals surface area contributed by atoms with E-state index in [1.165, 1.54) is 23.0 Å². The molecular weight excluding hydrogens is 402 g/mol. The lowest BCUT2D eigenvalue weighted by Gasteiger charge is -2.25. The molecule has 0 saturated carbocycles. The molecule has 1 fully saturated rings. The molecule has 2 N–H and O–H groups in total. The number of aryl methyl sites for hydroxylation is 1. The lowest BCUT2D eigenvalue weighted by molar-refractivity contribution is -0.141. The molecule has 2 aliphatic rings. The van der Waals surface area contributed by atoms with Crippen LogP contribution < -0.4 is 10.6 Å². The van der Waals surface area contributed by atoms with Crippen molar-refractivity contribution in [3.63, 3.8) is 0 Å². The summed E-state index contributed by atoms with van der Waals surface area (Å²) in [7, 11) is 0. The summed E-state index contributed by atoms with van der Waals surface area (Å²) in [6, 6.07) is 2.12. The Morgan fingerprint density at radius 3 is 2.90 bits per heavy atom. The number of nitrogens with one attached hydrogen (secondary N) is 2. The van der Waals surface area contributed by atoms with Gasteiger partial charge in [0.25, 0.3) is 0 Å². The number of hydrogen-bond acceptors (Lipinski definition) is 4. The molecule has 1 aliphatic carbocycles. The molecule has 1 aromatic carbocycles. The summed E-state index contributed by atoms with van der Waals surface area (Å²) in [6.07, 6.45) is 2.78. The van der Waals surface area contributed by atoms with Crippen molar-refractivity contribution in [3.8, 4) is 0 Å². The van der Waals surface area contributed by atoms with Crippen LogP contribution in [0, 0.1) is 0 Å². The van der Waals surface area contributed by atoms with Crippen molar-refractivity contribution in [3.05, 3.63) is 26.1 Å². The van der Waals surface area contributed by atoms with E-state index in [2.05, 4.69) is 48.6 Å². The number of amides is 2. The van der Waals surface area contributed by atoms with Crippen LogP contribution in [0.3, 0.4) is 0 Å². The lowest BCUT2D eigenvalue weighted by atomic mass is 10.1. The number of anilines is 1. The zero-order valence-corrected chi connectivity index (χ0v) is 14.7. The summed E-state index contributed by atoms with van der Waals surface area (Å²) >= 11 is 7.23. The molecule has 1 aliphatic heterocycles. The molecule has 21 heavy (non-hydrogen) atoms. The lowest BCUT2D eigenvalue weighted by Crippen LogP contribution is -2.46. The van der Waals surface area contributed by atoms with Crippen LogP contribution in [0.2, 0.25) is 0 Å². The molecule has 1 saturated heterocycles. The van der Waals surface area contributed by atoms with Crippen LogP contribution in [-0.2, 0) is 22.4 Å². The molecule has 1 atom stereocenters. The van der Waals surface area contributed by atoms with Gasteiger partial charge < -0.3 is 5.32 Å². The average Bonchev–Trinajstić information content (AvgIpc) is 3.01. The van der Waals surface area contributed by atoms with Crippen molar-refractivity contribution in [2.24, 2.45) is 0 Å². The number of hydrogen-bond donors (Lipinski definition) is 2. The van der Waals surface area contributed by atoms with Crippen molar-refractivity contribution in [2.45, 2.75) is 32.5 Å². The van der Waals surface area contributed by atoms with E-state index >= 15 is 0 Å². The van der Waals surface area contributed by atoms with Crippen LogP contribution in [0.25, 0.3) is 0 Å². The number of carbonyl (C=O) groups excluding carboxylic acids is 2. The van der Waals surface area contributed by atoms with Gasteiger partial charge in [-0.1, -0.05) is 0 Å². The Morgan fingerprint density at radius 2 is 2.19 bits per heavy atom. The van der Waals surface area contributed by atoms with Crippen LogP contribution >= 0.6 is 31.9 Å². The Hall–Kier alpha value is -0.920. The van der Waals surface area contributed by atoms with E-state index in [9.17, 15) is 9.59 Å². The van der Waals surface area contributed by atoms with E-state index in [4.69, 9.17) is 0 Å². The number of nitrogens with zero attached hydrogens (tertiary/aromatic N) is 1. The van der Waals surface area contributed by atoms with Crippen molar-refractivity contribution in [2.75, 3.05) is 11.9 Å². The van der Waals surface area contributed by atoms with Gasteiger partial charge in [0, 0.05) is 15.9 Å². The first kappa shape index (κ1) is 15.0. The maximum Gasteiger partial charge on any atom is 0.246 e. The largest absolute Gasteiger partial charge is 0.351 e. The van der Waals surface area contributed by atoms with Crippen molar-refractivity contribution in [1.29, 1.82) is 0 Å². The van der Waals surface area contributed by atoms with E-state index in [0.717, 1.165) is 33.9 Å². The second kappa shape index (κ2) is 5.70. The fourth-order valence-corrected chi connectivity index (χ4v) is 4.54. The maximum absolute atomic E-state index is 11.8. The zero-order chi connectivity index (χ0) is 15.1. The van der Waals surface area contributed by atoms with Crippen molar-refractivity contribution >= 4 is 49.4 Å². The highest BCUT2D eigenvalue weighted by molar-refractivity contribution is 9.11. The maximum atomic E-state index is 11.8. The van der Waals surface area contributed by atoms with Gasteiger partial charge in [-0.05, 0) is 68.3 Å². The zero-order valence-electron chi connectivity index (χ0n) is 11.5. The molecule has 0 bridgehead atoms. The normalized spacial score (nSPS) is 20.8. The average molecular weight is 417 g/mol. The van der Waals surface area contributed by atoms with Gasteiger partial charge in [0.2, 0.25) is 11.8 Å². The molecule has 0 aromatic heterocycles. The van der Waals surface area contributed by atoms with Crippen molar-refractivity contribution in [1.82, 2.24) is 10.2 Å². The number of fused-ring (bicyclic) bond motifs is 1. The molecule has 7 heteroatoms. The van der Waals surface area contributed by atoms with Gasteiger partial charge in [-0.3, -0.25) is 14.9 Å². The van der Waals surface area contributed by atoms with Crippen LogP contribution in [0.15, 0.2) is 15.0 Å². The highest BCUT2D eigenvalue weighted by Gasteiger charge is 2.34. The predicted molar refractivity (Wildman–Crippen MR) is 86.8 cm³/mol. The van der Waals surface area contributed by atoms with E-state index in [0.29, 0.717) is 0 Å². The molecule has 1 unspecified atom stereocenters. The highest BCUT2D eigenvalue weighted by atomic mass is 79.9. The summed E-state index contributed by atoms with van der Waals surface area (Å²) in [5.41, 5.74) is 3.52. The summed E-state index contributed by atoms with van der Waals surface area (Å²) in [4.78, 5) is 24.6. The Morgan fingerprint density at radius 1 is 1.43 bits per heavy atom. The third kappa shape index (κ3) is 2.62. The Balaban J connectivity index is 1.92. The molecule has 0 spiro atoms. The number of rotatable bonds is 2. The first-order valence-corrected chi connectivity index (χ1v) is 8.40. The smallest absolute Gasteiger partial charge is 0.246 e. The van der Waals surface area contributed by atoms with E-state index in [1.54, 1.807) is 0 Å². The fourth-order valence-electron chi connectivity index (χ4n) is 2.90. The molecule has 3 rings (SSSR count). The molecule has 1 aromatic rings. The second-order valence-corrected chi connectivity index (χ2v) is 6.90. The summed E-state index contributed by atoms with van der Waals surface area (Å²) in [6.45, 7) is 1.56. The minimum atomic E-state index is -0.512. The minimum Gasteiger partial charge on any atom is -0.351 e. The minimum absolute atomic E-state index is 0.164. The van der Waals surface area contributed by atoms with Crippen LogP contribution in [0.4, 0.5) is 5.69 Å². The van der Waals surface area contributed by atoms with E-state index < -0.39 is 6.29 Å².